The molecule has 6 heteroatoms. The van der Waals surface area contributed by atoms with E-state index in [-0.39, 0.29) is 23.5 Å². The SMILES string of the molecule is COc1ccc(/C=C\C(=O)NCC2CC(=O)N(c3ccc(F)cc3)C2)cc1. The summed E-state index contributed by atoms with van der Waals surface area (Å²) in [6, 6.07) is 13.2. The first-order valence-corrected chi connectivity index (χ1v) is 8.71. The predicted molar refractivity (Wildman–Crippen MR) is 102 cm³/mol. The lowest BCUT2D eigenvalue weighted by Crippen LogP contribution is -2.30. The van der Waals surface area contributed by atoms with E-state index in [4.69, 9.17) is 4.74 Å². The molecule has 0 aliphatic carbocycles. The molecule has 2 aromatic carbocycles. The maximum Gasteiger partial charge on any atom is 0.244 e. The number of anilines is 1. The Labute approximate surface area is 157 Å². The number of ether oxygens (including phenoxy) is 1. The van der Waals surface area contributed by atoms with Gasteiger partial charge < -0.3 is 15.0 Å². The summed E-state index contributed by atoms with van der Waals surface area (Å²) in [5.74, 6) is 0.222. The largest absolute Gasteiger partial charge is 0.497 e. The number of nitrogens with one attached hydrogen (secondary N) is 1. The third kappa shape index (κ3) is 4.94. The van der Waals surface area contributed by atoms with E-state index in [2.05, 4.69) is 5.32 Å². The van der Waals surface area contributed by atoms with Crippen molar-refractivity contribution < 1.29 is 18.7 Å². The van der Waals surface area contributed by atoms with Crippen LogP contribution in [0.2, 0.25) is 0 Å². The molecule has 1 aliphatic rings. The molecule has 0 radical (unpaired) electrons. The summed E-state index contributed by atoms with van der Waals surface area (Å²) >= 11 is 0. The van der Waals surface area contributed by atoms with Gasteiger partial charge in [0, 0.05) is 37.2 Å². The van der Waals surface area contributed by atoms with Gasteiger partial charge in [0.2, 0.25) is 11.8 Å². The molecule has 140 valence electrons. The third-order valence-corrected chi connectivity index (χ3v) is 4.45. The summed E-state index contributed by atoms with van der Waals surface area (Å²) in [6.07, 6.45) is 3.55. The average Bonchev–Trinajstić information content (AvgIpc) is 3.06. The van der Waals surface area contributed by atoms with Crippen molar-refractivity contribution in [3.05, 3.63) is 66.0 Å². The van der Waals surface area contributed by atoms with Crippen LogP contribution in [0.5, 0.6) is 5.75 Å². The molecule has 1 N–H and O–H groups in total. The van der Waals surface area contributed by atoms with Crippen LogP contribution in [-0.4, -0.2) is 32.0 Å². The van der Waals surface area contributed by atoms with Gasteiger partial charge in [-0.3, -0.25) is 9.59 Å². The van der Waals surface area contributed by atoms with Gasteiger partial charge in [-0.05, 0) is 48.0 Å². The minimum Gasteiger partial charge on any atom is -0.497 e. The minimum absolute atomic E-state index is 0.0189. The van der Waals surface area contributed by atoms with Crippen molar-refractivity contribution >= 4 is 23.6 Å². The Morgan fingerprint density at radius 1 is 1.22 bits per heavy atom. The van der Waals surface area contributed by atoms with Gasteiger partial charge in [-0.25, -0.2) is 4.39 Å². The van der Waals surface area contributed by atoms with Crippen LogP contribution in [0, 0.1) is 11.7 Å². The molecule has 0 spiro atoms. The van der Waals surface area contributed by atoms with Gasteiger partial charge in [0.1, 0.15) is 11.6 Å². The first-order chi connectivity index (χ1) is 13.0. The van der Waals surface area contributed by atoms with E-state index in [0.717, 1.165) is 11.3 Å². The van der Waals surface area contributed by atoms with Crippen molar-refractivity contribution in [1.82, 2.24) is 5.32 Å². The van der Waals surface area contributed by atoms with Crippen LogP contribution in [0.1, 0.15) is 12.0 Å². The van der Waals surface area contributed by atoms with E-state index in [0.29, 0.717) is 25.2 Å². The fourth-order valence-corrected chi connectivity index (χ4v) is 2.98. The molecule has 0 aromatic heterocycles. The lowest BCUT2D eigenvalue weighted by atomic mass is 10.1. The zero-order valence-corrected chi connectivity index (χ0v) is 15.0. The Balaban J connectivity index is 1.49. The number of hydrogen-bond donors (Lipinski definition) is 1. The summed E-state index contributed by atoms with van der Waals surface area (Å²) in [7, 11) is 1.60. The molecule has 1 aliphatic heterocycles. The molecule has 1 atom stereocenters. The Kier molecular flexibility index (Phi) is 5.86. The number of amides is 2. The highest BCUT2D eigenvalue weighted by Gasteiger charge is 2.30. The van der Waals surface area contributed by atoms with E-state index in [1.165, 1.54) is 18.2 Å². The lowest BCUT2D eigenvalue weighted by Gasteiger charge is -2.16. The first kappa shape index (κ1) is 18.6. The Morgan fingerprint density at radius 2 is 1.93 bits per heavy atom. The quantitative estimate of drug-likeness (QED) is 0.798. The van der Waals surface area contributed by atoms with Gasteiger partial charge in [-0.1, -0.05) is 12.1 Å². The minimum atomic E-state index is -0.335. The second kappa shape index (κ2) is 8.49. The number of halogens is 1. The van der Waals surface area contributed by atoms with Crippen LogP contribution in [0.15, 0.2) is 54.6 Å². The van der Waals surface area contributed by atoms with E-state index in [9.17, 15) is 14.0 Å². The maximum atomic E-state index is 13.0. The van der Waals surface area contributed by atoms with Crippen molar-refractivity contribution in [2.75, 3.05) is 25.1 Å². The van der Waals surface area contributed by atoms with Crippen LogP contribution in [-0.2, 0) is 9.59 Å². The number of carbonyl (C=O) groups excluding carboxylic acids is 2. The molecule has 0 bridgehead atoms. The second-order valence-corrected chi connectivity index (χ2v) is 6.40. The molecule has 0 saturated carbocycles. The number of benzene rings is 2. The molecule has 5 nitrogen and oxygen atoms in total. The van der Waals surface area contributed by atoms with Gasteiger partial charge in [0.15, 0.2) is 0 Å². The van der Waals surface area contributed by atoms with Gasteiger partial charge in [0.25, 0.3) is 0 Å². The highest BCUT2D eigenvalue weighted by molar-refractivity contribution is 5.96. The van der Waals surface area contributed by atoms with Crippen molar-refractivity contribution in [3.63, 3.8) is 0 Å². The molecule has 2 aromatic rings. The summed E-state index contributed by atoms with van der Waals surface area (Å²) in [5, 5.41) is 2.83. The number of methoxy groups -OCH3 is 1. The molecule has 27 heavy (non-hydrogen) atoms. The van der Waals surface area contributed by atoms with Gasteiger partial charge in [-0.15, -0.1) is 0 Å². The van der Waals surface area contributed by atoms with Crippen molar-refractivity contribution in [1.29, 1.82) is 0 Å². The number of carbonyl (C=O) groups is 2. The van der Waals surface area contributed by atoms with Crippen LogP contribution in [0.3, 0.4) is 0 Å². The molecule has 2 amide bonds. The average molecular weight is 368 g/mol. The fraction of sp³-hybridized carbons (Fsp3) is 0.238. The predicted octanol–water partition coefficient (Wildman–Crippen LogP) is 3.02. The van der Waals surface area contributed by atoms with Crippen molar-refractivity contribution in [2.45, 2.75) is 6.42 Å². The Hall–Kier alpha value is -3.15. The van der Waals surface area contributed by atoms with E-state index in [1.807, 2.05) is 24.3 Å². The summed E-state index contributed by atoms with van der Waals surface area (Å²) in [6.45, 7) is 0.919. The first-order valence-electron chi connectivity index (χ1n) is 8.71. The number of rotatable bonds is 6. The van der Waals surface area contributed by atoms with Crippen LogP contribution < -0.4 is 15.0 Å². The standard InChI is InChI=1S/C21H21FN2O3/c1-27-19-9-2-15(3-10-19)4-11-20(25)23-13-16-12-21(26)24(14-16)18-7-5-17(22)6-8-18/h2-11,16H,12-14H2,1H3,(H,23,25)/b11-4-. The Morgan fingerprint density at radius 3 is 2.59 bits per heavy atom. The fourth-order valence-electron chi connectivity index (χ4n) is 2.98. The second-order valence-electron chi connectivity index (χ2n) is 6.40. The van der Waals surface area contributed by atoms with Crippen LogP contribution in [0.25, 0.3) is 6.08 Å². The van der Waals surface area contributed by atoms with Crippen molar-refractivity contribution in [2.24, 2.45) is 5.92 Å². The topological polar surface area (TPSA) is 58.6 Å². The lowest BCUT2D eigenvalue weighted by molar-refractivity contribution is -0.118. The summed E-state index contributed by atoms with van der Waals surface area (Å²) in [4.78, 5) is 25.8. The zero-order valence-electron chi connectivity index (χ0n) is 15.0. The number of hydrogen-bond acceptors (Lipinski definition) is 3. The van der Waals surface area contributed by atoms with E-state index < -0.39 is 0 Å². The smallest absolute Gasteiger partial charge is 0.244 e. The van der Waals surface area contributed by atoms with Gasteiger partial charge >= 0.3 is 0 Å². The highest BCUT2D eigenvalue weighted by Crippen LogP contribution is 2.24. The van der Waals surface area contributed by atoms with E-state index >= 15 is 0 Å². The molecule has 1 fully saturated rings. The summed E-state index contributed by atoms with van der Waals surface area (Å²) < 4.78 is 18.1. The van der Waals surface area contributed by atoms with Crippen LogP contribution in [0.4, 0.5) is 10.1 Å². The number of nitrogens with zero attached hydrogens (tertiary/aromatic N) is 1. The zero-order chi connectivity index (χ0) is 19.2. The summed E-state index contributed by atoms with van der Waals surface area (Å²) in [5.41, 5.74) is 1.57. The van der Waals surface area contributed by atoms with Crippen molar-refractivity contribution in [3.8, 4) is 5.75 Å². The highest BCUT2D eigenvalue weighted by atomic mass is 19.1. The molecule has 1 saturated heterocycles. The normalized spacial score (nSPS) is 16.7. The van der Waals surface area contributed by atoms with E-state index in [1.54, 1.807) is 30.2 Å². The van der Waals surface area contributed by atoms with Gasteiger partial charge in [0.05, 0.1) is 7.11 Å². The molecular weight excluding hydrogens is 347 g/mol. The molecule has 1 unspecified atom stereocenters. The van der Waals surface area contributed by atoms with Gasteiger partial charge in [-0.2, -0.15) is 0 Å². The molecule has 1 heterocycles. The third-order valence-electron chi connectivity index (χ3n) is 4.45. The molecule has 3 rings (SSSR count). The van der Waals surface area contributed by atoms with Crippen LogP contribution >= 0.6 is 0 Å². The Bertz CT molecular complexity index is 832. The molecular formula is C21H21FN2O3. The monoisotopic (exact) mass is 368 g/mol. The maximum absolute atomic E-state index is 13.0.